The van der Waals surface area contributed by atoms with Crippen LogP contribution in [0.2, 0.25) is 0 Å². The maximum atomic E-state index is 11.2. The lowest BCUT2D eigenvalue weighted by molar-refractivity contribution is -0.113. The molecule has 1 rings (SSSR count). The fourth-order valence-corrected chi connectivity index (χ4v) is 1.44. The molecule has 0 saturated heterocycles. The van der Waals surface area contributed by atoms with Crippen LogP contribution in [0.4, 0.5) is 0 Å². The molecule has 1 aromatic rings. The fourth-order valence-electron chi connectivity index (χ4n) is 1.44. The van der Waals surface area contributed by atoms with E-state index in [1.807, 2.05) is 37.3 Å². The van der Waals surface area contributed by atoms with Gasteiger partial charge in [-0.1, -0.05) is 37.3 Å². The van der Waals surface area contributed by atoms with E-state index in [0.717, 1.165) is 12.0 Å². The molecule has 0 aliphatic carbocycles. The van der Waals surface area contributed by atoms with Crippen molar-refractivity contribution in [2.24, 2.45) is 0 Å². The van der Waals surface area contributed by atoms with Crippen molar-refractivity contribution < 1.29 is 4.79 Å². The van der Waals surface area contributed by atoms with Crippen molar-refractivity contribution in [1.29, 1.82) is 0 Å². The summed E-state index contributed by atoms with van der Waals surface area (Å²) in [6.07, 6.45) is 0.888. The van der Waals surface area contributed by atoms with Gasteiger partial charge in [-0.05, 0) is 12.0 Å². The third kappa shape index (κ3) is 1.97. The first kappa shape index (κ1) is 9.05. The van der Waals surface area contributed by atoms with Crippen LogP contribution in [0.1, 0.15) is 24.8 Å². The van der Waals surface area contributed by atoms with Gasteiger partial charge in [0.2, 0.25) is 0 Å². The Morgan fingerprint density at radius 2 is 2.00 bits per heavy atom. The summed E-state index contributed by atoms with van der Waals surface area (Å²) in [5.74, 6) is 0.0891. The van der Waals surface area contributed by atoms with E-state index in [1.165, 1.54) is 0 Å². The zero-order chi connectivity index (χ0) is 8.97. The third-order valence-corrected chi connectivity index (χ3v) is 2.10. The Kier molecular flexibility index (Phi) is 3.09. The summed E-state index contributed by atoms with van der Waals surface area (Å²) in [5.41, 5.74) is 1.39. The van der Waals surface area contributed by atoms with Gasteiger partial charge in [0.05, 0.1) is 5.68 Å². The normalized spacial score (nSPS) is 12.4. The van der Waals surface area contributed by atoms with E-state index in [4.69, 9.17) is 0 Å². The topological polar surface area (TPSA) is 17.1 Å². The van der Waals surface area contributed by atoms with Gasteiger partial charge >= 0.3 is 0 Å². The largest absolute Gasteiger partial charge is 0.311 e. The van der Waals surface area contributed by atoms with Crippen LogP contribution in [-0.2, 0) is 4.79 Å². The first-order valence-electron chi connectivity index (χ1n) is 4.31. The van der Waals surface area contributed by atoms with E-state index in [2.05, 4.69) is 0 Å². The smallest absolute Gasteiger partial charge is 0.187 e. The van der Waals surface area contributed by atoms with Gasteiger partial charge in [0, 0.05) is 5.92 Å². The zero-order valence-electron chi connectivity index (χ0n) is 7.58. The van der Waals surface area contributed by atoms with Gasteiger partial charge in [-0.15, -0.1) is 0 Å². The molecule has 1 aromatic carbocycles. The number of hydrogen-bond acceptors (Lipinski definition) is 1. The number of benzene rings is 1. The first-order chi connectivity index (χ1) is 5.75. The standard InChI is InChI=1S/C10H13BO/c1-2-9(10(11)12)8-6-4-3-5-7-8/h3-7,9H,2,11H2,1H3. The van der Waals surface area contributed by atoms with Gasteiger partial charge in [-0.3, -0.25) is 0 Å². The maximum Gasteiger partial charge on any atom is 0.187 e. The number of carbonyl (C=O) groups excluding carboxylic acids is 1. The highest BCUT2D eigenvalue weighted by atomic mass is 16.1. The molecule has 2 heteroatoms. The number of carbonyl (C=O) groups is 1. The predicted molar refractivity (Wildman–Crippen MR) is 53.0 cm³/mol. The van der Waals surface area contributed by atoms with Gasteiger partial charge in [0.15, 0.2) is 7.85 Å². The zero-order valence-corrected chi connectivity index (χ0v) is 7.58. The summed E-state index contributed by atoms with van der Waals surface area (Å²) in [6.45, 7) is 2.04. The first-order valence-corrected chi connectivity index (χ1v) is 4.31. The van der Waals surface area contributed by atoms with E-state index in [0.29, 0.717) is 0 Å². The van der Waals surface area contributed by atoms with Crippen LogP contribution < -0.4 is 0 Å². The molecule has 1 nitrogen and oxygen atoms in total. The Balaban J connectivity index is 2.88. The molecule has 0 N–H and O–H groups in total. The van der Waals surface area contributed by atoms with Gasteiger partial charge in [-0.2, -0.15) is 0 Å². The summed E-state index contributed by atoms with van der Waals surface area (Å²) in [4.78, 5) is 11.2. The number of hydrogen-bond donors (Lipinski definition) is 0. The van der Waals surface area contributed by atoms with Crippen LogP contribution in [0.3, 0.4) is 0 Å². The second kappa shape index (κ2) is 4.10. The average molecular weight is 160 g/mol. The highest BCUT2D eigenvalue weighted by molar-refractivity contribution is 6.59. The van der Waals surface area contributed by atoms with Crippen LogP contribution >= 0.6 is 0 Å². The van der Waals surface area contributed by atoms with Gasteiger partial charge in [0.1, 0.15) is 0 Å². The lowest BCUT2D eigenvalue weighted by Crippen LogP contribution is -2.10. The van der Waals surface area contributed by atoms with Crippen LogP contribution in [0.5, 0.6) is 0 Å². The highest BCUT2D eigenvalue weighted by Crippen LogP contribution is 2.18. The fraction of sp³-hybridized carbons (Fsp3) is 0.300. The molecule has 0 aliphatic heterocycles. The highest BCUT2D eigenvalue weighted by Gasteiger charge is 2.12. The van der Waals surface area contributed by atoms with Crippen molar-refractivity contribution in [2.45, 2.75) is 19.3 Å². The van der Waals surface area contributed by atoms with E-state index < -0.39 is 0 Å². The molecule has 0 aromatic heterocycles. The molecule has 1 unspecified atom stereocenters. The number of rotatable bonds is 3. The summed E-state index contributed by atoms with van der Waals surface area (Å²) in [5, 5.41) is 0. The minimum Gasteiger partial charge on any atom is -0.311 e. The average Bonchev–Trinajstić information content (AvgIpc) is 2.07. The van der Waals surface area contributed by atoms with Gasteiger partial charge < -0.3 is 4.79 Å². The minimum absolute atomic E-state index is 0.0891. The summed E-state index contributed by atoms with van der Waals surface area (Å²) in [7, 11) is 1.65. The van der Waals surface area contributed by atoms with E-state index in [-0.39, 0.29) is 11.6 Å². The van der Waals surface area contributed by atoms with E-state index in [9.17, 15) is 4.79 Å². The Labute approximate surface area is 74.2 Å². The monoisotopic (exact) mass is 160 g/mol. The quantitative estimate of drug-likeness (QED) is 0.609. The molecule has 0 fully saturated rings. The molecular weight excluding hydrogens is 147 g/mol. The lowest BCUT2D eigenvalue weighted by Gasteiger charge is -2.10. The Bertz CT molecular complexity index is 256. The maximum absolute atomic E-state index is 11.2. The SMILES string of the molecule is BC(=O)C(CC)c1ccccc1. The molecule has 12 heavy (non-hydrogen) atoms. The minimum atomic E-state index is 0.0891. The van der Waals surface area contributed by atoms with Crippen LogP contribution in [-0.4, -0.2) is 13.5 Å². The van der Waals surface area contributed by atoms with E-state index in [1.54, 1.807) is 7.85 Å². The molecular formula is C10H13BO. The Morgan fingerprint density at radius 1 is 1.42 bits per heavy atom. The Hall–Kier alpha value is -1.05. The van der Waals surface area contributed by atoms with E-state index >= 15 is 0 Å². The second-order valence-corrected chi connectivity index (χ2v) is 2.98. The molecule has 0 amide bonds. The van der Waals surface area contributed by atoms with Crippen molar-refractivity contribution in [2.75, 3.05) is 0 Å². The van der Waals surface area contributed by atoms with Crippen molar-refractivity contribution in [3.8, 4) is 0 Å². The molecule has 0 aliphatic rings. The summed E-state index contributed by atoms with van der Waals surface area (Å²) < 4.78 is 0. The van der Waals surface area contributed by atoms with Crippen molar-refractivity contribution >= 4 is 13.5 Å². The summed E-state index contributed by atoms with van der Waals surface area (Å²) in [6, 6.07) is 9.93. The lowest BCUT2D eigenvalue weighted by atomic mass is 9.82. The molecule has 1 atom stereocenters. The van der Waals surface area contributed by atoms with Crippen molar-refractivity contribution in [3.05, 3.63) is 35.9 Å². The molecule has 0 saturated carbocycles. The predicted octanol–water partition coefficient (Wildman–Crippen LogP) is 1.34. The molecule has 62 valence electrons. The van der Waals surface area contributed by atoms with Crippen LogP contribution in [0, 0.1) is 0 Å². The molecule has 0 bridgehead atoms. The van der Waals surface area contributed by atoms with Gasteiger partial charge in [0.25, 0.3) is 0 Å². The third-order valence-electron chi connectivity index (χ3n) is 2.10. The van der Waals surface area contributed by atoms with Crippen LogP contribution in [0.25, 0.3) is 0 Å². The molecule has 0 spiro atoms. The van der Waals surface area contributed by atoms with Crippen LogP contribution in [0.15, 0.2) is 30.3 Å². The molecule has 0 heterocycles. The second-order valence-electron chi connectivity index (χ2n) is 2.98. The van der Waals surface area contributed by atoms with Crippen molar-refractivity contribution in [3.63, 3.8) is 0 Å². The summed E-state index contributed by atoms with van der Waals surface area (Å²) >= 11 is 0. The van der Waals surface area contributed by atoms with Gasteiger partial charge in [-0.25, -0.2) is 0 Å². The van der Waals surface area contributed by atoms with Crippen molar-refractivity contribution in [1.82, 2.24) is 0 Å². The Morgan fingerprint density at radius 3 is 2.42 bits per heavy atom. The molecule has 0 radical (unpaired) electrons.